The maximum absolute atomic E-state index is 5.02. The number of aromatic nitrogens is 4. The second-order valence-electron chi connectivity index (χ2n) is 5.95. The van der Waals surface area contributed by atoms with Gasteiger partial charge in [0.05, 0.1) is 12.2 Å². The average molecular weight is 321 g/mol. The highest BCUT2D eigenvalue weighted by atomic mass is 16.3. The molecular formula is C18H19N5O. The molecule has 0 radical (unpaired) electrons. The smallest absolute Gasteiger partial charge is 0.181 e. The molecule has 3 aromatic heterocycles. The molecule has 4 aromatic rings. The average Bonchev–Trinajstić information content (AvgIpc) is 3.09. The maximum atomic E-state index is 5.02. The summed E-state index contributed by atoms with van der Waals surface area (Å²) in [6.45, 7) is 4.86. The van der Waals surface area contributed by atoms with Crippen molar-refractivity contribution in [1.82, 2.24) is 19.2 Å². The number of nitrogens with one attached hydrogen (secondary N) is 1. The third-order valence-corrected chi connectivity index (χ3v) is 4.26. The number of benzene rings is 1. The molecule has 0 fully saturated rings. The topological polar surface area (TPSA) is 60.3 Å². The van der Waals surface area contributed by atoms with Crippen LogP contribution in [0.25, 0.3) is 16.9 Å². The zero-order valence-corrected chi connectivity index (χ0v) is 13.9. The van der Waals surface area contributed by atoms with Crippen LogP contribution in [0.4, 0.5) is 5.69 Å². The van der Waals surface area contributed by atoms with E-state index in [-0.39, 0.29) is 0 Å². The van der Waals surface area contributed by atoms with Crippen molar-refractivity contribution in [2.45, 2.75) is 20.4 Å². The second-order valence-corrected chi connectivity index (χ2v) is 5.95. The molecule has 4 rings (SSSR count). The highest BCUT2D eigenvalue weighted by Gasteiger charge is 2.15. The highest BCUT2D eigenvalue weighted by molar-refractivity contribution is 5.62. The molecule has 0 saturated carbocycles. The van der Waals surface area contributed by atoms with Crippen LogP contribution in [0.1, 0.15) is 17.1 Å². The fourth-order valence-electron chi connectivity index (χ4n) is 3.06. The molecule has 1 N–H and O–H groups in total. The van der Waals surface area contributed by atoms with Crippen LogP contribution in [0.2, 0.25) is 0 Å². The van der Waals surface area contributed by atoms with E-state index in [2.05, 4.69) is 44.5 Å². The Labute approximate surface area is 139 Å². The van der Waals surface area contributed by atoms with Crippen molar-refractivity contribution >= 4 is 11.3 Å². The Kier molecular flexibility index (Phi) is 3.37. The minimum absolute atomic E-state index is 0.732. The van der Waals surface area contributed by atoms with E-state index in [1.165, 1.54) is 17.8 Å². The molecule has 0 aliphatic carbocycles. The van der Waals surface area contributed by atoms with E-state index in [0.717, 1.165) is 34.8 Å². The number of hydrogen-bond donors (Lipinski definition) is 1. The molecule has 0 spiro atoms. The highest BCUT2D eigenvalue weighted by Crippen LogP contribution is 2.21. The van der Waals surface area contributed by atoms with Crippen LogP contribution in [-0.2, 0) is 13.6 Å². The van der Waals surface area contributed by atoms with E-state index >= 15 is 0 Å². The Morgan fingerprint density at radius 1 is 1.17 bits per heavy atom. The summed E-state index contributed by atoms with van der Waals surface area (Å²) < 4.78 is 9.28. The number of nitrogens with zero attached hydrogens (tertiary/aromatic N) is 4. The van der Waals surface area contributed by atoms with Crippen LogP contribution >= 0.6 is 0 Å². The molecule has 0 aliphatic heterocycles. The number of hydrogen-bond acceptors (Lipinski definition) is 4. The van der Waals surface area contributed by atoms with Gasteiger partial charge < -0.3 is 9.73 Å². The molecule has 24 heavy (non-hydrogen) atoms. The van der Waals surface area contributed by atoms with Gasteiger partial charge in [-0.15, -0.1) is 0 Å². The first-order valence-corrected chi connectivity index (χ1v) is 7.86. The van der Waals surface area contributed by atoms with Crippen molar-refractivity contribution in [2.75, 3.05) is 5.32 Å². The van der Waals surface area contributed by atoms with Gasteiger partial charge in [-0.25, -0.2) is 14.5 Å². The van der Waals surface area contributed by atoms with Gasteiger partial charge in [-0.3, -0.25) is 4.68 Å². The van der Waals surface area contributed by atoms with Crippen LogP contribution in [-0.4, -0.2) is 19.2 Å². The lowest BCUT2D eigenvalue weighted by atomic mass is 10.1. The Hall–Kier alpha value is -3.02. The minimum Gasteiger partial charge on any atom is -0.451 e. The molecule has 0 aliphatic rings. The van der Waals surface area contributed by atoms with Gasteiger partial charge in [-0.05, 0) is 32.0 Å². The van der Waals surface area contributed by atoms with Gasteiger partial charge in [0.15, 0.2) is 12.0 Å². The van der Waals surface area contributed by atoms with Crippen molar-refractivity contribution in [3.8, 4) is 11.3 Å². The third kappa shape index (κ3) is 2.36. The van der Waals surface area contributed by atoms with Gasteiger partial charge in [0.2, 0.25) is 0 Å². The number of rotatable bonds is 4. The van der Waals surface area contributed by atoms with Gasteiger partial charge in [-0.2, -0.15) is 0 Å². The molecule has 0 amide bonds. The van der Waals surface area contributed by atoms with Gasteiger partial charge in [0.1, 0.15) is 12.0 Å². The summed E-state index contributed by atoms with van der Waals surface area (Å²) in [6.07, 6.45) is 3.09. The first-order valence-electron chi connectivity index (χ1n) is 7.86. The van der Waals surface area contributed by atoms with Crippen LogP contribution in [0.3, 0.4) is 0 Å². The number of anilines is 1. The van der Waals surface area contributed by atoms with Crippen LogP contribution in [0, 0.1) is 13.8 Å². The predicted molar refractivity (Wildman–Crippen MR) is 92.9 cm³/mol. The van der Waals surface area contributed by atoms with E-state index in [0.29, 0.717) is 0 Å². The lowest BCUT2D eigenvalue weighted by Crippen LogP contribution is -2.25. The fourth-order valence-corrected chi connectivity index (χ4v) is 3.06. The van der Waals surface area contributed by atoms with Crippen LogP contribution in [0.15, 0.2) is 47.4 Å². The predicted octanol–water partition coefficient (Wildman–Crippen LogP) is 3.56. The van der Waals surface area contributed by atoms with E-state index < -0.39 is 0 Å². The summed E-state index contributed by atoms with van der Waals surface area (Å²) in [5.41, 5.74) is 7.39. The summed E-state index contributed by atoms with van der Waals surface area (Å²) in [6, 6.07) is 10.3. The van der Waals surface area contributed by atoms with Crippen molar-refractivity contribution in [1.29, 1.82) is 0 Å². The number of oxazole rings is 1. The second kappa shape index (κ2) is 5.56. The van der Waals surface area contributed by atoms with E-state index in [4.69, 9.17) is 4.42 Å². The monoisotopic (exact) mass is 321 g/mol. The Morgan fingerprint density at radius 3 is 2.67 bits per heavy atom. The Bertz CT molecular complexity index is 977. The van der Waals surface area contributed by atoms with Gasteiger partial charge in [-0.1, -0.05) is 12.1 Å². The zero-order valence-electron chi connectivity index (χ0n) is 13.9. The molecule has 0 bridgehead atoms. The summed E-state index contributed by atoms with van der Waals surface area (Å²) in [5, 5.41) is 3.45. The molecular weight excluding hydrogens is 302 g/mol. The molecule has 0 atom stereocenters. The van der Waals surface area contributed by atoms with E-state index in [1.807, 2.05) is 31.2 Å². The fraction of sp³-hybridized carbons (Fsp3) is 0.222. The summed E-state index contributed by atoms with van der Waals surface area (Å²) in [7, 11) is 2.06. The van der Waals surface area contributed by atoms with Crippen LogP contribution in [0.5, 0.6) is 0 Å². The maximum Gasteiger partial charge on any atom is 0.181 e. The third-order valence-electron chi connectivity index (χ3n) is 4.26. The van der Waals surface area contributed by atoms with Gasteiger partial charge in [0, 0.05) is 29.7 Å². The minimum atomic E-state index is 0.732. The van der Waals surface area contributed by atoms with E-state index in [1.54, 1.807) is 6.26 Å². The van der Waals surface area contributed by atoms with Gasteiger partial charge >= 0.3 is 0 Å². The van der Waals surface area contributed by atoms with Gasteiger partial charge in [0.25, 0.3) is 0 Å². The molecule has 0 saturated heterocycles. The SMILES string of the molecule is Cc1cc(C)n2c(n1)c(CNc1ccc(-c3cocn3)cc1)n2C. The van der Waals surface area contributed by atoms with Crippen molar-refractivity contribution < 1.29 is 4.42 Å². The van der Waals surface area contributed by atoms with Crippen molar-refractivity contribution in [3.63, 3.8) is 0 Å². The standard InChI is InChI=1S/C18H19N5O/c1-12-8-13(2)23-18(21-12)17(22(23)3)9-19-15-6-4-14(5-7-15)16-10-24-11-20-16/h4-8,10-11,19H,9H2,1-3H3. The summed E-state index contributed by atoms with van der Waals surface area (Å²) in [5.74, 6) is 0. The molecule has 1 aromatic carbocycles. The lowest BCUT2D eigenvalue weighted by Gasteiger charge is -2.24. The molecule has 3 heterocycles. The molecule has 0 unspecified atom stereocenters. The molecule has 6 nitrogen and oxygen atoms in total. The number of aryl methyl sites for hydroxylation is 3. The van der Waals surface area contributed by atoms with Crippen molar-refractivity contribution in [3.05, 3.63) is 60.1 Å². The largest absolute Gasteiger partial charge is 0.451 e. The molecule has 6 heteroatoms. The Balaban J connectivity index is 1.52. The molecule has 122 valence electrons. The summed E-state index contributed by atoms with van der Waals surface area (Å²) >= 11 is 0. The normalized spacial score (nSPS) is 11.3. The van der Waals surface area contributed by atoms with E-state index in [9.17, 15) is 0 Å². The van der Waals surface area contributed by atoms with Crippen molar-refractivity contribution in [2.24, 2.45) is 7.05 Å². The Morgan fingerprint density at radius 2 is 1.96 bits per heavy atom. The number of fused-ring (bicyclic) bond motifs is 1. The van der Waals surface area contributed by atoms with Crippen LogP contribution < -0.4 is 5.32 Å². The lowest BCUT2D eigenvalue weighted by molar-refractivity contribution is 0.558. The zero-order chi connectivity index (χ0) is 16.7. The first-order chi connectivity index (χ1) is 11.6. The quantitative estimate of drug-likeness (QED) is 0.624. The summed E-state index contributed by atoms with van der Waals surface area (Å²) in [4.78, 5) is 8.79. The first kappa shape index (κ1) is 14.6.